The Morgan fingerprint density at radius 1 is 1.09 bits per heavy atom. The lowest BCUT2D eigenvalue weighted by molar-refractivity contribution is -0.130. The van der Waals surface area contributed by atoms with Gasteiger partial charge >= 0.3 is 0 Å². The first-order chi connectivity index (χ1) is 11.1. The number of nitrogens with zero attached hydrogens (tertiary/aromatic N) is 2. The van der Waals surface area contributed by atoms with Crippen molar-refractivity contribution < 1.29 is 13.2 Å². The van der Waals surface area contributed by atoms with Gasteiger partial charge in [0, 0.05) is 37.5 Å². The van der Waals surface area contributed by atoms with Crippen LogP contribution in [-0.2, 0) is 14.8 Å². The monoisotopic (exact) mass is 334 g/mol. The van der Waals surface area contributed by atoms with E-state index in [0.29, 0.717) is 19.5 Å². The van der Waals surface area contributed by atoms with Crippen LogP contribution in [0.3, 0.4) is 0 Å². The van der Waals surface area contributed by atoms with Gasteiger partial charge in [-0.1, -0.05) is 30.3 Å². The molecule has 124 valence electrons. The van der Waals surface area contributed by atoms with E-state index in [4.69, 9.17) is 0 Å². The molecule has 1 atom stereocenters. The van der Waals surface area contributed by atoms with Gasteiger partial charge in [-0.05, 0) is 30.9 Å². The Labute approximate surface area is 137 Å². The highest BCUT2D eigenvalue weighted by atomic mass is 32.2. The van der Waals surface area contributed by atoms with Crippen LogP contribution in [0.1, 0.15) is 31.2 Å². The number of likely N-dealkylation sites (tertiary alicyclic amines) is 1. The maximum Gasteiger partial charge on any atom is 0.236 e. The zero-order valence-electron chi connectivity index (χ0n) is 13.1. The Morgan fingerprint density at radius 3 is 2.57 bits per heavy atom. The molecule has 0 aliphatic carbocycles. The molecule has 2 saturated heterocycles. The molecule has 2 heterocycles. The minimum absolute atomic E-state index is 0.0265. The predicted octanol–water partition coefficient (Wildman–Crippen LogP) is 2.07. The predicted molar refractivity (Wildman–Crippen MR) is 89.9 cm³/mol. The number of benzene rings is 1. The van der Waals surface area contributed by atoms with Crippen molar-refractivity contribution in [2.24, 2.45) is 0 Å². The minimum atomic E-state index is -3.45. The lowest BCUT2D eigenvalue weighted by Gasteiger charge is -2.36. The Kier molecular flexibility index (Phi) is 4.82. The highest BCUT2D eigenvalue weighted by molar-refractivity contribution is 7.92. The Bertz CT molecular complexity index is 685. The fourth-order valence-electron chi connectivity index (χ4n) is 3.28. The molecule has 0 aromatic heterocycles. The van der Waals surface area contributed by atoms with Gasteiger partial charge in [-0.15, -0.1) is 0 Å². The molecule has 0 bridgehead atoms. The van der Waals surface area contributed by atoms with Crippen molar-refractivity contribution >= 4 is 22.0 Å². The number of carbonyl (C=O) groups excluding carboxylic acids is 1. The second kappa shape index (κ2) is 6.84. The molecule has 0 saturated carbocycles. The SMILES string of the molecule is O=C1CCCN1C1CCCN(S(=O)(=O)/C=C/c2ccccc2)C1. The van der Waals surface area contributed by atoms with Gasteiger partial charge in [-0.25, -0.2) is 8.42 Å². The summed E-state index contributed by atoms with van der Waals surface area (Å²) in [6.45, 7) is 1.70. The molecule has 0 spiro atoms. The quantitative estimate of drug-likeness (QED) is 0.847. The van der Waals surface area contributed by atoms with E-state index in [1.54, 1.807) is 6.08 Å². The molecular formula is C17H22N2O3S. The first-order valence-electron chi connectivity index (χ1n) is 8.09. The third-order valence-corrected chi connectivity index (χ3v) is 6.03. The average molecular weight is 334 g/mol. The zero-order valence-corrected chi connectivity index (χ0v) is 13.9. The number of hydrogen-bond acceptors (Lipinski definition) is 3. The molecule has 6 heteroatoms. The van der Waals surface area contributed by atoms with Crippen molar-refractivity contribution in [1.29, 1.82) is 0 Å². The van der Waals surface area contributed by atoms with Crippen LogP contribution in [0.5, 0.6) is 0 Å². The summed E-state index contributed by atoms with van der Waals surface area (Å²) in [6.07, 6.45) is 4.79. The Morgan fingerprint density at radius 2 is 1.87 bits per heavy atom. The lowest BCUT2D eigenvalue weighted by Crippen LogP contribution is -2.49. The van der Waals surface area contributed by atoms with Gasteiger partial charge in [0.1, 0.15) is 0 Å². The first-order valence-corrected chi connectivity index (χ1v) is 9.59. The van der Waals surface area contributed by atoms with Gasteiger partial charge in [-0.2, -0.15) is 4.31 Å². The molecule has 5 nitrogen and oxygen atoms in total. The van der Waals surface area contributed by atoms with E-state index in [2.05, 4.69) is 0 Å². The lowest BCUT2D eigenvalue weighted by atomic mass is 10.1. The van der Waals surface area contributed by atoms with Crippen LogP contribution >= 0.6 is 0 Å². The molecular weight excluding hydrogens is 312 g/mol. The second-order valence-corrected chi connectivity index (χ2v) is 7.92. The highest BCUT2D eigenvalue weighted by Gasteiger charge is 2.34. The van der Waals surface area contributed by atoms with Crippen molar-refractivity contribution in [3.63, 3.8) is 0 Å². The van der Waals surface area contributed by atoms with Gasteiger partial charge in [0.15, 0.2) is 0 Å². The van der Waals surface area contributed by atoms with Crippen molar-refractivity contribution in [3.8, 4) is 0 Å². The van der Waals surface area contributed by atoms with Gasteiger partial charge in [0.25, 0.3) is 0 Å². The van der Waals surface area contributed by atoms with E-state index in [9.17, 15) is 13.2 Å². The maximum atomic E-state index is 12.5. The van der Waals surface area contributed by atoms with Gasteiger partial charge in [-0.3, -0.25) is 4.79 Å². The normalized spacial score (nSPS) is 23.7. The number of sulfonamides is 1. The molecule has 2 aliphatic heterocycles. The maximum absolute atomic E-state index is 12.5. The topological polar surface area (TPSA) is 57.7 Å². The molecule has 1 aromatic rings. The van der Waals surface area contributed by atoms with Crippen LogP contribution < -0.4 is 0 Å². The van der Waals surface area contributed by atoms with Crippen LogP contribution in [0.15, 0.2) is 35.7 Å². The third kappa shape index (κ3) is 3.82. The van der Waals surface area contributed by atoms with Crippen molar-refractivity contribution in [1.82, 2.24) is 9.21 Å². The summed E-state index contributed by atoms with van der Waals surface area (Å²) in [4.78, 5) is 13.7. The van der Waals surface area contributed by atoms with Gasteiger partial charge in [0.05, 0.1) is 0 Å². The van der Waals surface area contributed by atoms with Crippen molar-refractivity contribution in [2.75, 3.05) is 19.6 Å². The van der Waals surface area contributed by atoms with E-state index in [-0.39, 0.29) is 11.9 Å². The summed E-state index contributed by atoms with van der Waals surface area (Å²) < 4.78 is 26.6. The molecule has 0 radical (unpaired) electrons. The molecule has 2 fully saturated rings. The number of hydrogen-bond donors (Lipinski definition) is 0. The van der Waals surface area contributed by atoms with E-state index in [1.165, 1.54) is 9.71 Å². The summed E-state index contributed by atoms with van der Waals surface area (Å²) >= 11 is 0. The summed E-state index contributed by atoms with van der Waals surface area (Å²) in [5.41, 5.74) is 0.861. The van der Waals surface area contributed by atoms with Crippen LogP contribution in [0, 0.1) is 0 Å². The third-order valence-electron chi connectivity index (χ3n) is 4.50. The summed E-state index contributed by atoms with van der Waals surface area (Å²) in [6, 6.07) is 9.42. The molecule has 1 amide bonds. The van der Waals surface area contributed by atoms with Crippen LogP contribution in [0.4, 0.5) is 0 Å². The van der Waals surface area contributed by atoms with Crippen LogP contribution in [0.2, 0.25) is 0 Å². The minimum Gasteiger partial charge on any atom is -0.338 e. The number of rotatable bonds is 4. The zero-order chi connectivity index (χ0) is 16.3. The van der Waals surface area contributed by atoms with Crippen molar-refractivity contribution in [3.05, 3.63) is 41.3 Å². The average Bonchev–Trinajstić information content (AvgIpc) is 3.00. The van der Waals surface area contributed by atoms with E-state index in [1.807, 2.05) is 35.2 Å². The van der Waals surface area contributed by atoms with Gasteiger partial charge in [0.2, 0.25) is 15.9 Å². The fraction of sp³-hybridized carbons (Fsp3) is 0.471. The van der Waals surface area contributed by atoms with E-state index in [0.717, 1.165) is 31.4 Å². The van der Waals surface area contributed by atoms with Gasteiger partial charge < -0.3 is 4.90 Å². The molecule has 3 rings (SSSR count). The molecule has 2 aliphatic rings. The Balaban J connectivity index is 1.69. The summed E-state index contributed by atoms with van der Waals surface area (Å²) in [5.74, 6) is 0.161. The molecule has 1 unspecified atom stereocenters. The fourth-order valence-corrected chi connectivity index (χ4v) is 4.54. The Hall–Kier alpha value is -1.66. The second-order valence-electron chi connectivity index (χ2n) is 6.10. The van der Waals surface area contributed by atoms with Crippen LogP contribution in [-0.4, -0.2) is 49.2 Å². The standard InChI is InChI=1S/C17H22N2O3S/c20-17-9-5-12-19(17)16-8-4-11-18(14-16)23(21,22)13-10-15-6-2-1-3-7-15/h1-3,6-7,10,13,16H,4-5,8-9,11-12,14H2/b13-10+. The van der Waals surface area contributed by atoms with Crippen molar-refractivity contribution in [2.45, 2.75) is 31.7 Å². The number of amides is 1. The summed E-state index contributed by atoms with van der Waals surface area (Å²) in [7, 11) is -3.45. The van der Waals surface area contributed by atoms with Crippen LogP contribution in [0.25, 0.3) is 6.08 Å². The number of piperidine rings is 1. The molecule has 1 aromatic carbocycles. The van der Waals surface area contributed by atoms with E-state index < -0.39 is 10.0 Å². The molecule has 23 heavy (non-hydrogen) atoms. The highest BCUT2D eigenvalue weighted by Crippen LogP contribution is 2.23. The number of carbonyl (C=O) groups is 1. The molecule has 0 N–H and O–H groups in total. The largest absolute Gasteiger partial charge is 0.338 e. The summed E-state index contributed by atoms with van der Waals surface area (Å²) in [5, 5.41) is 1.27. The smallest absolute Gasteiger partial charge is 0.236 e. The first kappa shape index (κ1) is 16.2. The van der Waals surface area contributed by atoms with E-state index >= 15 is 0 Å².